The summed E-state index contributed by atoms with van der Waals surface area (Å²) in [5, 5.41) is 13.1. The Morgan fingerprint density at radius 2 is 0.443 bits per heavy atom. The summed E-state index contributed by atoms with van der Waals surface area (Å²) in [5.74, 6) is 0. The number of fused-ring (bicyclic) bond motifs is 11. The SMILES string of the molecule is Cc1ccc(C)c(-c2ccc3c4c(cccc24)-c2cc4c(-c5cc(C)ccc5C)cc5c6cc7c(cc6c(-c6cc(C)ccc6C)cc5c4cc2-3)-c2cccc3c(-c4cc(C)ccc4C)ccc-7c23)c1. The van der Waals surface area contributed by atoms with Crippen LogP contribution in [0.25, 0.3) is 143 Å². The molecule has 0 aromatic heterocycles. The second-order valence-corrected chi connectivity index (χ2v) is 20.9. The minimum atomic E-state index is 1.27. The van der Waals surface area contributed by atoms with Crippen LogP contribution < -0.4 is 0 Å². The van der Waals surface area contributed by atoms with Gasteiger partial charge in [-0.1, -0.05) is 156 Å². The summed E-state index contributed by atoms with van der Waals surface area (Å²) >= 11 is 0. The lowest BCUT2D eigenvalue weighted by Crippen LogP contribution is -1.94. The highest BCUT2D eigenvalue weighted by atomic mass is 14.3. The minimum Gasteiger partial charge on any atom is -0.0610 e. The summed E-state index contributed by atoms with van der Waals surface area (Å²) in [6, 6.07) is 66.4. The van der Waals surface area contributed by atoms with E-state index in [1.54, 1.807) is 0 Å². The van der Waals surface area contributed by atoms with Gasteiger partial charge < -0.3 is 0 Å². The van der Waals surface area contributed by atoms with Gasteiger partial charge in [-0.3, -0.25) is 0 Å². The predicted octanol–water partition coefficient (Wildman–Crippen LogP) is 19.9. The van der Waals surface area contributed by atoms with Crippen molar-refractivity contribution in [1.29, 1.82) is 0 Å². The van der Waals surface area contributed by atoms with Gasteiger partial charge in [-0.2, -0.15) is 0 Å². The molecule has 0 radical (unpaired) electrons. The van der Waals surface area contributed by atoms with Crippen molar-refractivity contribution in [2.24, 2.45) is 0 Å². The zero-order valence-electron chi connectivity index (χ0n) is 41.2. The maximum atomic E-state index is 2.56. The van der Waals surface area contributed by atoms with Gasteiger partial charge in [0.1, 0.15) is 0 Å². The number of aryl methyl sites for hydroxylation is 8. The Kier molecular flexibility index (Phi) is 8.62. The molecule has 332 valence electrons. The Morgan fingerprint density at radius 3 is 0.800 bits per heavy atom. The molecule has 0 nitrogen and oxygen atoms in total. The molecule has 0 bridgehead atoms. The highest BCUT2D eigenvalue weighted by Gasteiger charge is 2.29. The lowest BCUT2D eigenvalue weighted by molar-refractivity contribution is 1.40. The molecular formula is C70H52. The molecule has 0 spiro atoms. The van der Waals surface area contributed by atoms with Crippen molar-refractivity contribution in [2.75, 3.05) is 0 Å². The van der Waals surface area contributed by atoms with Crippen molar-refractivity contribution in [3.05, 3.63) is 214 Å². The van der Waals surface area contributed by atoms with Crippen LogP contribution >= 0.6 is 0 Å². The maximum absolute atomic E-state index is 2.56. The number of hydrogen-bond acceptors (Lipinski definition) is 0. The molecule has 0 unspecified atom stereocenters. The maximum Gasteiger partial charge on any atom is -0.00201 e. The molecule has 70 heavy (non-hydrogen) atoms. The third-order valence-corrected chi connectivity index (χ3v) is 16.3. The predicted molar refractivity (Wildman–Crippen MR) is 302 cm³/mol. The van der Waals surface area contributed by atoms with Gasteiger partial charge in [0, 0.05) is 0 Å². The topological polar surface area (TPSA) is 0 Å². The molecule has 0 saturated heterocycles. The fourth-order valence-electron chi connectivity index (χ4n) is 12.8. The van der Waals surface area contributed by atoms with Crippen LogP contribution in [0, 0.1) is 55.4 Å². The van der Waals surface area contributed by atoms with Crippen molar-refractivity contribution in [1.82, 2.24) is 0 Å². The molecule has 14 rings (SSSR count). The first-order valence-electron chi connectivity index (χ1n) is 25.0. The summed E-state index contributed by atoms with van der Waals surface area (Å²) in [5.41, 5.74) is 31.2. The first-order chi connectivity index (χ1) is 34.0. The smallest absolute Gasteiger partial charge is 0.00201 e. The van der Waals surface area contributed by atoms with Crippen LogP contribution in [0.15, 0.2) is 170 Å². The van der Waals surface area contributed by atoms with Gasteiger partial charge in [-0.05, 0) is 257 Å². The van der Waals surface area contributed by atoms with Crippen molar-refractivity contribution < 1.29 is 0 Å². The molecule has 0 N–H and O–H groups in total. The van der Waals surface area contributed by atoms with E-state index in [1.807, 2.05) is 0 Å². The van der Waals surface area contributed by atoms with Crippen LogP contribution in [0.3, 0.4) is 0 Å². The second kappa shape index (κ2) is 14.7. The van der Waals surface area contributed by atoms with E-state index in [0.717, 1.165) is 0 Å². The van der Waals surface area contributed by atoms with E-state index in [4.69, 9.17) is 0 Å². The molecule has 0 atom stereocenters. The highest BCUT2D eigenvalue weighted by Crippen LogP contribution is 2.56. The van der Waals surface area contributed by atoms with Gasteiger partial charge in [0.2, 0.25) is 0 Å². The van der Waals surface area contributed by atoms with Gasteiger partial charge >= 0.3 is 0 Å². The molecule has 0 fully saturated rings. The van der Waals surface area contributed by atoms with Crippen molar-refractivity contribution in [2.45, 2.75) is 55.4 Å². The minimum absolute atomic E-state index is 1.27. The highest BCUT2D eigenvalue weighted by molar-refractivity contribution is 6.30. The van der Waals surface area contributed by atoms with E-state index < -0.39 is 0 Å². The second-order valence-electron chi connectivity index (χ2n) is 20.9. The Bertz CT molecular complexity index is 4080. The Labute approximate surface area is 410 Å². The van der Waals surface area contributed by atoms with Gasteiger partial charge in [-0.25, -0.2) is 0 Å². The molecule has 12 aromatic carbocycles. The largest absolute Gasteiger partial charge is 0.0610 e. The third kappa shape index (κ3) is 5.77. The Morgan fingerprint density at radius 1 is 0.171 bits per heavy atom. The van der Waals surface area contributed by atoms with E-state index in [-0.39, 0.29) is 0 Å². The van der Waals surface area contributed by atoms with E-state index in [0.29, 0.717) is 0 Å². The summed E-state index contributed by atoms with van der Waals surface area (Å²) in [6.07, 6.45) is 0. The van der Waals surface area contributed by atoms with E-state index in [2.05, 4.69) is 225 Å². The molecular weight excluding hydrogens is 841 g/mol. The zero-order valence-corrected chi connectivity index (χ0v) is 41.2. The lowest BCUT2D eigenvalue weighted by atomic mass is 9.83. The normalized spacial score (nSPS) is 12.3. The van der Waals surface area contributed by atoms with Crippen LogP contribution in [0.4, 0.5) is 0 Å². The summed E-state index contributed by atoms with van der Waals surface area (Å²) in [4.78, 5) is 0. The monoisotopic (exact) mass is 892 g/mol. The number of benzene rings is 12. The number of hydrogen-bond donors (Lipinski definition) is 0. The number of rotatable bonds is 4. The van der Waals surface area contributed by atoms with E-state index in [9.17, 15) is 0 Å². The first-order valence-corrected chi connectivity index (χ1v) is 25.0. The summed E-state index contributed by atoms with van der Waals surface area (Å²) < 4.78 is 0. The van der Waals surface area contributed by atoms with Crippen LogP contribution in [0.1, 0.15) is 44.5 Å². The molecule has 12 aromatic rings. The quantitative estimate of drug-likeness (QED) is 0.154. The Balaban J connectivity index is 1.11. The van der Waals surface area contributed by atoms with Crippen LogP contribution in [-0.4, -0.2) is 0 Å². The Hall–Kier alpha value is -8.06. The van der Waals surface area contributed by atoms with Gasteiger partial charge in [0.25, 0.3) is 0 Å². The molecule has 0 heteroatoms. The van der Waals surface area contributed by atoms with Crippen molar-refractivity contribution in [3.63, 3.8) is 0 Å². The molecule has 0 saturated carbocycles. The van der Waals surface area contributed by atoms with Gasteiger partial charge in [0.15, 0.2) is 0 Å². The van der Waals surface area contributed by atoms with E-state index in [1.165, 1.54) is 187 Å². The molecule has 0 amide bonds. The lowest BCUT2D eigenvalue weighted by Gasteiger charge is -2.20. The van der Waals surface area contributed by atoms with Crippen LogP contribution in [0.5, 0.6) is 0 Å². The van der Waals surface area contributed by atoms with Crippen molar-refractivity contribution in [3.8, 4) is 89.0 Å². The summed E-state index contributed by atoms with van der Waals surface area (Å²) in [7, 11) is 0. The fraction of sp³-hybridized carbons (Fsp3) is 0.114. The molecule has 0 aliphatic heterocycles. The zero-order chi connectivity index (χ0) is 47.4. The van der Waals surface area contributed by atoms with Crippen LogP contribution in [-0.2, 0) is 0 Å². The van der Waals surface area contributed by atoms with E-state index >= 15 is 0 Å². The van der Waals surface area contributed by atoms with Crippen LogP contribution in [0.2, 0.25) is 0 Å². The standard InChI is InChI=1S/C70H52/c1-37-15-19-41(5)53(27-37)45-23-25-51-59-33-65-63(31-57(59)49-13-9-11-47(45)69(49)51)61(55-29-39(3)17-21-43(55)7)35-68-66-34-60-52-26-24-46(54-28-38(2)16-20-42(54)6)48-12-10-14-50(70(48)52)58(60)32-64(66)62(36-67(65)68)56-30-40(4)18-22-44(56)8/h9-36H,1-8H3. The average Bonchev–Trinajstić information content (AvgIpc) is 3.86. The van der Waals surface area contributed by atoms with Gasteiger partial charge in [0.05, 0.1) is 0 Å². The molecule has 2 aliphatic carbocycles. The van der Waals surface area contributed by atoms with Crippen molar-refractivity contribution >= 4 is 53.9 Å². The summed E-state index contributed by atoms with van der Waals surface area (Å²) in [6.45, 7) is 17.9. The molecule has 2 aliphatic rings. The average molecular weight is 893 g/mol. The molecule has 0 heterocycles. The van der Waals surface area contributed by atoms with Gasteiger partial charge in [-0.15, -0.1) is 0 Å². The third-order valence-electron chi connectivity index (χ3n) is 16.3. The first kappa shape index (κ1) is 41.0. The fourth-order valence-corrected chi connectivity index (χ4v) is 12.8.